The zero-order valence-corrected chi connectivity index (χ0v) is 13.6. The third-order valence-electron chi connectivity index (χ3n) is 4.57. The van der Waals surface area contributed by atoms with E-state index in [-0.39, 0.29) is 11.9 Å². The van der Waals surface area contributed by atoms with Crippen LogP contribution in [-0.4, -0.2) is 46.6 Å². The second kappa shape index (κ2) is 6.13. The predicted molar refractivity (Wildman–Crippen MR) is 90.4 cm³/mol. The number of amides is 1. The van der Waals surface area contributed by atoms with Crippen molar-refractivity contribution in [3.05, 3.63) is 53.6 Å². The number of aromatic nitrogens is 2. The third kappa shape index (κ3) is 2.59. The number of hydrogen-bond acceptors (Lipinski definition) is 4. The summed E-state index contributed by atoms with van der Waals surface area (Å²) < 4.78 is 7.72. The van der Waals surface area contributed by atoms with Gasteiger partial charge in [0, 0.05) is 44.6 Å². The Morgan fingerprint density at radius 1 is 1.38 bits per heavy atom. The molecule has 0 radical (unpaired) electrons. The van der Waals surface area contributed by atoms with Crippen molar-refractivity contribution in [1.29, 1.82) is 0 Å². The summed E-state index contributed by atoms with van der Waals surface area (Å²) in [6, 6.07) is 7.72. The molecule has 1 N–H and O–H groups in total. The Morgan fingerprint density at radius 3 is 3.08 bits per heavy atom. The summed E-state index contributed by atoms with van der Waals surface area (Å²) in [5.74, 6) is 1.75. The van der Waals surface area contributed by atoms with E-state index in [9.17, 15) is 4.79 Å². The summed E-state index contributed by atoms with van der Waals surface area (Å²) in [6.07, 6.45) is 5.62. The van der Waals surface area contributed by atoms with E-state index in [4.69, 9.17) is 4.74 Å². The van der Waals surface area contributed by atoms with E-state index in [0.29, 0.717) is 25.3 Å². The minimum absolute atomic E-state index is 0.0269. The zero-order valence-electron chi connectivity index (χ0n) is 13.6. The molecular formula is C18H20N4O2. The number of piperazine rings is 1. The molecule has 0 spiro atoms. The van der Waals surface area contributed by atoms with Crippen LogP contribution in [0, 0.1) is 0 Å². The Hall–Kier alpha value is -2.60. The maximum absolute atomic E-state index is 13.1. The molecule has 1 unspecified atom stereocenters. The van der Waals surface area contributed by atoms with Gasteiger partial charge < -0.3 is 19.5 Å². The van der Waals surface area contributed by atoms with Gasteiger partial charge in [-0.05, 0) is 12.1 Å². The first-order chi connectivity index (χ1) is 11.7. The maximum atomic E-state index is 13.1. The molecule has 0 saturated carbocycles. The number of ether oxygens (including phenoxy) is 1. The van der Waals surface area contributed by atoms with Crippen LogP contribution in [0.3, 0.4) is 0 Å². The standard InChI is InChI=1S/C18H20N4O2/c1-21-8-7-20-17(21)15-11-19-6-9-22(15)18(23)14-10-13-4-2-3-5-16(13)24-12-14/h2-5,7-8,10,15,19H,6,9,11-12H2,1H3. The molecule has 4 rings (SSSR count). The lowest BCUT2D eigenvalue weighted by Gasteiger charge is -2.36. The second-order valence-electron chi connectivity index (χ2n) is 6.11. The molecule has 2 aromatic rings. The minimum Gasteiger partial charge on any atom is -0.488 e. The van der Waals surface area contributed by atoms with E-state index in [1.54, 1.807) is 6.20 Å². The van der Waals surface area contributed by atoms with Crippen molar-refractivity contribution >= 4 is 12.0 Å². The third-order valence-corrected chi connectivity index (χ3v) is 4.57. The molecule has 1 saturated heterocycles. The van der Waals surface area contributed by atoms with Crippen LogP contribution in [0.2, 0.25) is 0 Å². The molecule has 6 heteroatoms. The molecule has 6 nitrogen and oxygen atoms in total. The lowest BCUT2D eigenvalue weighted by Crippen LogP contribution is -2.50. The van der Waals surface area contributed by atoms with Crippen LogP contribution in [0.1, 0.15) is 17.4 Å². The highest BCUT2D eigenvalue weighted by Crippen LogP contribution is 2.29. The summed E-state index contributed by atoms with van der Waals surface area (Å²) in [4.78, 5) is 19.4. The van der Waals surface area contributed by atoms with Gasteiger partial charge in [0.15, 0.2) is 0 Å². The summed E-state index contributed by atoms with van der Waals surface area (Å²) in [6.45, 7) is 2.47. The van der Waals surface area contributed by atoms with Gasteiger partial charge in [0.25, 0.3) is 5.91 Å². The molecular weight excluding hydrogens is 304 g/mol. The SMILES string of the molecule is Cn1ccnc1C1CNCCN1C(=O)C1=Cc2ccccc2OC1. The van der Waals surface area contributed by atoms with Crippen LogP contribution in [0.15, 0.2) is 42.2 Å². The molecule has 1 atom stereocenters. The zero-order chi connectivity index (χ0) is 16.5. The molecule has 1 amide bonds. The van der Waals surface area contributed by atoms with Gasteiger partial charge >= 0.3 is 0 Å². The van der Waals surface area contributed by atoms with Gasteiger partial charge in [0.2, 0.25) is 0 Å². The molecule has 0 aliphatic carbocycles. The van der Waals surface area contributed by atoms with Gasteiger partial charge in [-0.1, -0.05) is 18.2 Å². The highest BCUT2D eigenvalue weighted by atomic mass is 16.5. The van der Waals surface area contributed by atoms with E-state index in [1.165, 1.54) is 0 Å². The van der Waals surface area contributed by atoms with Gasteiger partial charge in [-0.3, -0.25) is 4.79 Å². The first kappa shape index (κ1) is 15.0. The Labute approximate surface area is 140 Å². The van der Waals surface area contributed by atoms with Crippen molar-refractivity contribution in [3.63, 3.8) is 0 Å². The monoisotopic (exact) mass is 324 g/mol. The van der Waals surface area contributed by atoms with Crippen LogP contribution in [0.25, 0.3) is 6.08 Å². The summed E-state index contributed by atoms with van der Waals surface area (Å²) in [5, 5.41) is 3.36. The Kier molecular flexibility index (Phi) is 3.82. The fraction of sp³-hybridized carbons (Fsp3) is 0.333. The van der Waals surface area contributed by atoms with E-state index in [1.807, 2.05) is 53.1 Å². The van der Waals surface area contributed by atoms with Gasteiger partial charge in [0.05, 0.1) is 5.57 Å². The maximum Gasteiger partial charge on any atom is 0.253 e. The number of benzene rings is 1. The van der Waals surface area contributed by atoms with Crippen molar-refractivity contribution in [2.24, 2.45) is 7.05 Å². The molecule has 124 valence electrons. The van der Waals surface area contributed by atoms with Crippen LogP contribution >= 0.6 is 0 Å². The van der Waals surface area contributed by atoms with Crippen molar-refractivity contribution in [1.82, 2.24) is 19.8 Å². The second-order valence-corrected chi connectivity index (χ2v) is 6.11. The molecule has 1 fully saturated rings. The lowest BCUT2D eigenvalue weighted by molar-refractivity contribution is -0.130. The first-order valence-corrected chi connectivity index (χ1v) is 8.15. The fourth-order valence-corrected chi connectivity index (χ4v) is 3.30. The van der Waals surface area contributed by atoms with Crippen LogP contribution in [0.4, 0.5) is 0 Å². The number of nitrogens with zero attached hydrogens (tertiary/aromatic N) is 3. The van der Waals surface area contributed by atoms with Crippen molar-refractivity contribution in [2.45, 2.75) is 6.04 Å². The van der Waals surface area contributed by atoms with E-state index in [0.717, 1.165) is 23.7 Å². The average molecular weight is 324 g/mol. The molecule has 2 aliphatic rings. The Balaban J connectivity index is 1.63. The number of carbonyl (C=O) groups is 1. The van der Waals surface area contributed by atoms with Crippen molar-refractivity contribution in [2.75, 3.05) is 26.2 Å². The number of para-hydroxylation sites is 1. The smallest absolute Gasteiger partial charge is 0.253 e. The number of fused-ring (bicyclic) bond motifs is 1. The number of aryl methyl sites for hydroxylation is 1. The summed E-state index contributed by atoms with van der Waals surface area (Å²) in [5.41, 5.74) is 1.64. The number of hydrogen-bond donors (Lipinski definition) is 1. The molecule has 1 aromatic carbocycles. The van der Waals surface area contributed by atoms with Crippen LogP contribution < -0.4 is 10.1 Å². The fourth-order valence-electron chi connectivity index (χ4n) is 3.30. The van der Waals surface area contributed by atoms with Crippen LogP contribution in [0.5, 0.6) is 5.75 Å². The van der Waals surface area contributed by atoms with Crippen molar-refractivity contribution in [3.8, 4) is 5.75 Å². The van der Waals surface area contributed by atoms with E-state index in [2.05, 4.69) is 10.3 Å². The molecule has 3 heterocycles. The average Bonchev–Trinajstić information content (AvgIpc) is 3.06. The molecule has 2 aliphatic heterocycles. The van der Waals surface area contributed by atoms with Crippen molar-refractivity contribution < 1.29 is 9.53 Å². The van der Waals surface area contributed by atoms with E-state index < -0.39 is 0 Å². The topological polar surface area (TPSA) is 59.4 Å². The summed E-state index contributed by atoms with van der Waals surface area (Å²) in [7, 11) is 1.96. The summed E-state index contributed by atoms with van der Waals surface area (Å²) >= 11 is 0. The normalized spacial score (nSPS) is 20.1. The molecule has 24 heavy (non-hydrogen) atoms. The van der Waals surface area contributed by atoms with E-state index >= 15 is 0 Å². The lowest BCUT2D eigenvalue weighted by atomic mass is 10.0. The molecule has 0 bridgehead atoms. The first-order valence-electron chi connectivity index (χ1n) is 8.15. The van der Waals surface area contributed by atoms with Gasteiger partial charge in [0.1, 0.15) is 24.2 Å². The largest absolute Gasteiger partial charge is 0.488 e. The Bertz CT molecular complexity index is 796. The number of nitrogens with one attached hydrogen (secondary N) is 1. The van der Waals surface area contributed by atoms with Crippen LogP contribution in [-0.2, 0) is 11.8 Å². The highest BCUT2D eigenvalue weighted by Gasteiger charge is 2.32. The van der Waals surface area contributed by atoms with Gasteiger partial charge in [-0.2, -0.15) is 0 Å². The van der Waals surface area contributed by atoms with Gasteiger partial charge in [-0.25, -0.2) is 4.98 Å². The number of rotatable bonds is 2. The predicted octanol–water partition coefficient (Wildman–Crippen LogP) is 1.37. The minimum atomic E-state index is -0.0654. The quantitative estimate of drug-likeness (QED) is 0.906. The highest BCUT2D eigenvalue weighted by molar-refractivity contribution is 5.99. The number of carbonyl (C=O) groups excluding carboxylic acids is 1. The van der Waals surface area contributed by atoms with Gasteiger partial charge in [-0.15, -0.1) is 0 Å². The number of imidazole rings is 1. The Morgan fingerprint density at radius 2 is 2.25 bits per heavy atom. The molecule has 1 aromatic heterocycles.